The molecule has 0 unspecified atom stereocenters. The predicted octanol–water partition coefficient (Wildman–Crippen LogP) is 4.80. The highest BCUT2D eigenvalue weighted by Crippen LogP contribution is 2.38. The summed E-state index contributed by atoms with van der Waals surface area (Å²) in [5.41, 5.74) is 6.77. The number of ether oxygens (including phenoxy) is 1. The van der Waals surface area contributed by atoms with Crippen LogP contribution in [0.4, 0.5) is 42.4 Å². The van der Waals surface area contributed by atoms with Gasteiger partial charge in [0.2, 0.25) is 17.2 Å². The van der Waals surface area contributed by atoms with E-state index in [-0.39, 0.29) is 36.9 Å². The second-order valence-electron chi connectivity index (χ2n) is 10.5. The molecule has 16 nitrogen and oxygen atoms in total. The normalized spacial score (nSPS) is 10.8. The number of halogens is 1. The number of carbonyl (C=O) groups excluding carboxylic acids is 4. The summed E-state index contributed by atoms with van der Waals surface area (Å²) < 4.78 is 5.24. The van der Waals surface area contributed by atoms with Crippen molar-refractivity contribution in [1.29, 1.82) is 5.26 Å². The highest BCUT2D eigenvalue weighted by molar-refractivity contribution is 6.28. The molecule has 1 heterocycles. The van der Waals surface area contributed by atoms with E-state index in [1.54, 1.807) is 30.3 Å². The molecule has 1 aliphatic carbocycles. The first-order valence-corrected chi connectivity index (χ1v) is 15.3. The first kappa shape index (κ1) is 33.9. The van der Waals surface area contributed by atoms with Gasteiger partial charge in [-0.2, -0.15) is 20.2 Å². The number of nitrogens with one attached hydrogen (secondary N) is 7. The van der Waals surface area contributed by atoms with Gasteiger partial charge in [-0.15, -0.1) is 0 Å². The van der Waals surface area contributed by atoms with Crippen LogP contribution in [0.1, 0.15) is 28.7 Å². The van der Waals surface area contributed by atoms with E-state index in [0.717, 1.165) is 27.8 Å². The third kappa shape index (κ3) is 9.53. The molecule has 0 saturated carbocycles. The molecule has 0 saturated heterocycles. The van der Waals surface area contributed by atoms with Gasteiger partial charge in [-0.1, -0.05) is 24.3 Å². The Hall–Kier alpha value is -6.47. The van der Waals surface area contributed by atoms with Gasteiger partial charge in [0.25, 0.3) is 0 Å². The number of aromatic nitrogens is 3. The maximum Gasteiger partial charge on any atom is 0.411 e. The van der Waals surface area contributed by atoms with E-state index in [1.165, 1.54) is 7.05 Å². The highest BCUT2D eigenvalue weighted by Gasteiger charge is 2.19. The maximum atomic E-state index is 12.4. The van der Waals surface area contributed by atoms with Gasteiger partial charge in [0.05, 0.1) is 18.2 Å². The van der Waals surface area contributed by atoms with Crippen molar-refractivity contribution >= 4 is 59.1 Å². The number of amides is 7. The summed E-state index contributed by atoms with van der Waals surface area (Å²) in [5, 5.41) is 26.8. The Morgan fingerprint density at radius 2 is 1.47 bits per heavy atom. The molecule has 0 spiro atoms. The largest absolute Gasteiger partial charge is 0.449 e. The quantitative estimate of drug-likeness (QED) is 0.100. The molecule has 17 heteroatoms. The van der Waals surface area contributed by atoms with Gasteiger partial charge in [0, 0.05) is 31.5 Å². The van der Waals surface area contributed by atoms with Gasteiger partial charge in [-0.25, -0.2) is 19.2 Å². The van der Waals surface area contributed by atoms with Crippen LogP contribution in [0, 0.1) is 11.3 Å². The Morgan fingerprint density at radius 3 is 2.18 bits per heavy atom. The zero-order valence-electron chi connectivity index (χ0n) is 26.0. The number of nitrogens with zero attached hydrogens (tertiary/aromatic N) is 4. The van der Waals surface area contributed by atoms with Crippen LogP contribution in [0.3, 0.4) is 0 Å². The number of anilines is 4. The lowest BCUT2D eigenvalue weighted by molar-refractivity contribution is 0.160. The minimum absolute atomic E-state index is 0.107. The number of urea groups is 3. The second-order valence-corrected chi connectivity index (χ2v) is 10.8. The Bertz CT molecular complexity index is 1930. The molecule has 0 radical (unpaired) electrons. The summed E-state index contributed by atoms with van der Waals surface area (Å²) in [7, 11) is 1.41. The number of hydrogen-bond acceptors (Lipinski definition) is 9. The van der Waals surface area contributed by atoms with Gasteiger partial charge in [0.1, 0.15) is 0 Å². The lowest BCUT2D eigenvalue weighted by atomic mass is 10.0. The number of benzene rings is 3. The molecule has 1 aliphatic rings. The van der Waals surface area contributed by atoms with Crippen LogP contribution in [0.15, 0.2) is 60.7 Å². The van der Waals surface area contributed by atoms with E-state index in [9.17, 15) is 19.2 Å². The van der Waals surface area contributed by atoms with Crippen LogP contribution in [0.2, 0.25) is 5.28 Å². The molecular formula is C32H30ClN11O5. The van der Waals surface area contributed by atoms with E-state index in [4.69, 9.17) is 21.6 Å². The fourth-order valence-corrected chi connectivity index (χ4v) is 4.95. The van der Waals surface area contributed by atoms with Crippen LogP contribution in [0.25, 0.3) is 11.1 Å². The highest BCUT2D eigenvalue weighted by atomic mass is 35.5. The Morgan fingerprint density at radius 1 is 0.796 bits per heavy atom. The number of fused-ring (bicyclic) bond motifs is 3. The molecule has 3 aromatic carbocycles. The van der Waals surface area contributed by atoms with E-state index >= 15 is 0 Å². The van der Waals surface area contributed by atoms with Gasteiger partial charge in [-0.3, -0.25) is 16.0 Å². The van der Waals surface area contributed by atoms with Gasteiger partial charge in [0.15, 0.2) is 0 Å². The lowest BCUT2D eigenvalue weighted by Gasteiger charge is -2.10. The smallest absolute Gasteiger partial charge is 0.411 e. The first-order chi connectivity index (χ1) is 23.7. The molecule has 7 amide bonds. The van der Waals surface area contributed by atoms with Crippen LogP contribution in [0.5, 0.6) is 0 Å². The van der Waals surface area contributed by atoms with Gasteiger partial charge < -0.3 is 26.0 Å². The van der Waals surface area contributed by atoms with Crippen molar-refractivity contribution < 1.29 is 23.9 Å². The third-order valence-electron chi connectivity index (χ3n) is 7.05. The summed E-state index contributed by atoms with van der Waals surface area (Å²) in [6.07, 6.45) is 0.497. The van der Waals surface area contributed by atoms with Crippen molar-refractivity contribution in [3.05, 3.63) is 88.2 Å². The van der Waals surface area contributed by atoms with Crippen molar-refractivity contribution in [2.75, 3.05) is 41.5 Å². The number of hydrogen-bond donors (Lipinski definition) is 7. The van der Waals surface area contributed by atoms with Crippen molar-refractivity contribution in [3.8, 4) is 17.2 Å². The maximum absolute atomic E-state index is 12.4. The fraction of sp³-hybridized carbons (Fsp3) is 0.188. The first-order valence-electron chi connectivity index (χ1n) is 14.9. The fourth-order valence-electron chi connectivity index (χ4n) is 4.79. The number of nitriles is 1. The SMILES string of the molecule is CNC(=O)Nc1nc(Cl)nc(NC(=O)Nc2ccc(CNC(=O)NCCCOC(=O)Nc3ccc4c(c3)Cc3cc(C#N)ccc3-4)cc2)n1. The zero-order valence-corrected chi connectivity index (χ0v) is 26.8. The molecule has 4 aromatic rings. The minimum atomic E-state index is -0.661. The molecule has 0 aliphatic heterocycles. The molecule has 0 bridgehead atoms. The minimum Gasteiger partial charge on any atom is -0.449 e. The molecule has 7 N–H and O–H groups in total. The summed E-state index contributed by atoms with van der Waals surface area (Å²) in [6.45, 7) is 0.623. The van der Waals surface area contributed by atoms with E-state index in [0.29, 0.717) is 29.8 Å². The standard InChI is InChI=1S/C32H30ClN11O5/c1-35-29(45)43-27-40-26(33)41-28(42-27)44-31(47)38-22-6-3-18(4-7-22)17-37-30(46)36-11-2-12-49-32(48)39-23-8-10-25-21(15-23)14-20-13-19(16-34)5-9-24(20)25/h3-10,13,15H,2,11-12,14,17H2,1H3,(H,39,48)(H2,36,37,46)(H4,35,38,40,41,42,43,44,45,47). The molecule has 49 heavy (non-hydrogen) atoms. The molecule has 0 fully saturated rings. The Kier molecular flexibility index (Phi) is 11.0. The molecule has 5 rings (SSSR count). The molecular weight excluding hydrogens is 654 g/mol. The topological polar surface area (TPSA) is 224 Å². The predicted molar refractivity (Wildman–Crippen MR) is 181 cm³/mol. The lowest BCUT2D eigenvalue weighted by Crippen LogP contribution is -2.36. The third-order valence-corrected chi connectivity index (χ3v) is 7.22. The monoisotopic (exact) mass is 683 g/mol. The zero-order chi connectivity index (χ0) is 34.8. The van der Waals surface area contributed by atoms with Gasteiger partial charge in [-0.05, 0) is 88.7 Å². The summed E-state index contributed by atoms with van der Waals surface area (Å²) in [5.74, 6) is -0.325. The Balaban J connectivity index is 0.961. The van der Waals surface area contributed by atoms with Crippen LogP contribution in [-0.4, -0.2) is 59.3 Å². The van der Waals surface area contributed by atoms with Crippen LogP contribution in [-0.2, 0) is 17.7 Å². The average molecular weight is 684 g/mol. The van der Waals surface area contributed by atoms with Crippen molar-refractivity contribution in [2.45, 2.75) is 19.4 Å². The molecule has 250 valence electrons. The molecule has 0 atom stereocenters. The van der Waals surface area contributed by atoms with Crippen LogP contribution >= 0.6 is 11.6 Å². The number of rotatable bonds is 10. The number of carbonyl (C=O) groups is 4. The van der Waals surface area contributed by atoms with E-state index in [1.807, 2.05) is 30.3 Å². The van der Waals surface area contributed by atoms with Crippen molar-refractivity contribution in [1.82, 2.24) is 30.9 Å². The van der Waals surface area contributed by atoms with Crippen molar-refractivity contribution in [3.63, 3.8) is 0 Å². The van der Waals surface area contributed by atoms with Crippen LogP contribution < -0.4 is 37.2 Å². The van der Waals surface area contributed by atoms with Gasteiger partial charge >= 0.3 is 24.2 Å². The van der Waals surface area contributed by atoms with E-state index < -0.39 is 24.2 Å². The summed E-state index contributed by atoms with van der Waals surface area (Å²) in [4.78, 5) is 59.8. The van der Waals surface area contributed by atoms with Crippen molar-refractivity contribution in [2.24, 2.45) is 0 Å². The van der Waals surface area contributed by atoms with E-state index in [2.05, 4.69) is 58.2 Å². The summed E-state index contributed by atoms with van der Waals surface area (Å²) >= 11 is 5.83. The average Bonchev–Trinajstić information content (AvgIpc) is 3.44. The summed E-state index contributed by atoms with van der Waals surface area (Å²) in [6, 6.07) is 18.5. The Labute approximate surface area is 285 Å². The molecule has 1 aromatic heterocycles. The second kappa shape index (κ2) is 15.9.